The van der Waals surface area contributed by atoms with E-state index >= 15 is 0 Å². The zero-order valence-corrected chi connectivity index (χ0v) is 10.8. The number of benzene rings is 1. The molecule has 0 aliphatic rings. The Morgan fingerprint density at radius 3 is 2.00 bits per heavy atom. The number of nitrogens with two attached hydrogens (primary N) is 1. The Kier molecular flexibility index (Phi) is 4.02. The monoisotopic (exact) mass is 261 g/mol. The first-order valence-corrected chi connectivity index (χ1v) is 5.63. The Morgan fingerprint density at radius 2 is 1.47 bits per heavy atom. The molecule has 0 atom stereocenters. The second kappa shape index (κ2) is 5.90. The normalized spacial score (nSPS) is 10.0. The highest BCUT2D eigenvalue weighted by molar-refractivity contribution is 5.42. The second-order valence-corrected chi connectivity index (χ2v) is 3.77. The van der Waals surface area contributed by atoms with Crippen LogP contribution in [0.25, 0.3) is 0 Å². The third-order valence-corrected chi connectivity index (χ3v) is 2.42. The average Bonchev–Trinajstić information content (AvgIpc) is 2.46. The number of nitrogens with zero attached hydrogens (tertiary/aromatic N) is 2. The van der Waals surface area contributed by atoms with Crippen molar-refractivity contribution in [2.45, 2.75) is 6.61 Å². The molecule has 0 bridgehead atoms. The van der Waals surface area contributed by atoms with Crippen LogP contribution in [-0.2, 0) is 6.61 Å². The van der Waals surface area contributed by atoms with Crippen molar-refractivity contribution >= 4 is 5.69 Å². The quantitative estimate of drug-likeness (QED) is 0.881. The van der Waals surface area contributed by atoms with Crippen LogP contribution in [0.4, 0.5) is 5.69 Å². The number of hydrogen-bond acceptors (Lipinski definition) is 6. The van der Waals surface area contributed by atoms with Crippen molar-refractivity contribution in [3.63, 3.8) is 0 Å². The van der Waals surface area contributed by atoms with Gasteiger partial charge in [0.05, 0.1) is 32.3 Å². The number of nitrogen functional groups attached to an aromatic ring is 1. The summed E-state index contributed by atoms with van der Waals surface area (Å²) in [4.78, 5) is 8.11. The highest BCUT2D eigenvalue weighted by Gasteiger charge is 2.04. The molecule has 0 saturated carbocycles. The van der Waals surface area contributed by atoms with Crippen LogP contribution in [0.5, 0.6) is 17.2 Å². The molecule has 2 aromatic rings. The fourth-order valence-electron chi connectivity index (χ4n) is 1.45. The summed E-state index contributed by atoms with van der Waals surface area (Å²) in [6, 6.07) is 5.30. The number of hydrogen-bond donors (Lipinski definition) is 1. The van der Waals surface area contributed by atoms with E-state index in [0.29, 0.717) is 28.8 Å². The van der Waals surface area contributed by atoms with Crippen LogP contribution in [0.1, 0.15) is 5.82 Å². The summed E-state index contributed by atoms with van der Waals surface area (Å²) < 4.78 is 15.9. The summed E-state index contributed by atoms with van der Waals surface area (Å²) in [5, 5.41) is 0. The number of methoxy groups -OCH3 is 2. The van der Waals surface area contributed by atoms with E-state index < -0.39 is 0 Å². The molecule has 0 amide bonds. The molecule has 6 nitrogen and oxygen atoms in total. The van der Waals surface area contributed by atoms with Crippen LogP contribution >= 0.6 is 0 Å². The summed E-state index contributed by atoms with van der Waals surface area (Å²) >= 11 is 0. The Labute approximate surface area is 111 Å². The van der Waals surface area contributed by atoms with Gasteiger partial charge in [0.15, 0.2) is 5.82 Å². The fourth-order valence-corrected chi connectivity index (χ4v) is 1.45. The maximum atomic E-state index is 5.59. The summed E-state index contributed by atoms with van der Waals surface area (Å²) in [5.41, 5.74) is 6.03. The third kappa shape index (κ3) is 3.48. The topological polar surface area (TPSA) is 79.5 Å². The van der Waals surface area contributed by atoms with Crippen LogP contribution in [0, 0.1) is 0 Å². The van der Waals surface area contributed by atoms with Gasteiger partial charge in [-0.15, -0.1) is 0 Å². The largest absolute Gasteiger partial charge is 0.496 e. The van der Waals surface area contributed by atoms with Gasteiger partial charge in [0.25, 0.3) is 0 Å². The van der Waals surface area contributed by atoms with Gasteiger partial charge in [-0.1, -0.05) is 0 Å². The van der Waals surface area contributed by atoms with Gasteiger partial charge in [0.2, 0.25) is 0 Å². The lowest BCUT2D eigenvalue weighted by Crippen LogP contribution is -2.02. The van der Waals surface area contributed by atoms with E-state index in [-0.39, 0.29) is 6.61 Å². The van der Waals surface area contributed by atoms with Gasteiger partial charge < -0.3 is 19.9 Å². The van der Waals surface area contributed by atoms with Gasteiger partial charge in [-0.05, 0) is 0 Å². The van der Waals surface area contributed by atoms with E-state index in [1.165, 1.54) is 12.4 Å². The summed E-state index contributed by atoms with van der Waals surface area (Å²) in [7, 11) is 3.17. The van der Waals surface area contributed by atoms with E-state index in [4.69, 9.17) is 19.9 Å². The zero-order chi connectivity index (χ0) is 13.7. The molecule has 0 radical (unpaired) electrons. The molecule has 0 unspecified atom stereocenters. The van der Waals surface area contributed by atoms with Gasteiger partial charge in [0, 0.05) is 18.2 Å². The SMILES string of the molecule is COc1cc(OC)cc(OCc2ncc(N)cn2)c1. The maximum absolute atomic E-state index is 5.59. The molecular weight excluding hydrogens is 246 g/mol. The summed E-state index contributed by atoms with van der Waals surface area (Å²) in [5.74, 6) is 2.49. The highest BCUT2D eigenvalue weighted by Crippen LogP contribution is 2.27. The van der Waals surface area contributed by atoms with Crippen molar-refractivity contribution in [3.05, 3.63) is 36.4 Å². The van der Waals surface area contributed by atoms with E-state index in [1.54, 1.807) is 32.4 Å². The Bertz CT molecular complexity index is 521. The van der Waals surface area contributed by atoms with E-state index in [0.717, 1.165) is 0 Å². The molecule has 19 heavy (non-hydrogen) atoms. The van der Waals surface area contributed by atoms with Gasteiger partial charge in [-0.2, -0.15) is 0 Å². The van der Waals surface area contributed by atoms with Crippen LogP contribution < -0.4 is 19.9 Å². The highest BCUT2D eigenvalue weighted by atomic mass is 16.5. The first-order chi connectivity index (χ1) is 9.21. The van der Waals surface area contributed by atoms with Crippen LogP contribution in [0.3, 0.4) is 0 Å². The average molecular weight is 261 g/mol. The molecule has 1 aromatic carbocycles. The molecule has 0 aliphatic heterocycles. The molecule has 1 heterocycles. The van der Waals surface area contributed by atoms with Crippen molar-refractivity contribution in [2.24, 2.45) is 0 Å². The Hall–Kier alpha value is -2.50. The number of aromatic nitrogens is 2. The molecule has 0 saturated heterocycles. The van der Waals surface area contributed by atoms with Crippen LogP contribution in [-0.4, -0.2) is 24.2 Å². The minimum atomic E-state index is 0.247. The van der Waals surface area contributed by atoms with E-state index in [2.05, 4.69) is 9.97 Å². The summed E-state index contributed by atoms with van der Waals surface area (Å²) in [6.45, 7) is 0.247. The molecule has 6 heteroatoms. The smallest absolute Gasteiger partial charge is 0.166 e. The predicted molar refractivity (Wildman–Crippen MR) is 70.3 cm³/mol. The first kappa shape index (κ1) is 12.9. The zero-order valence-electron chi connectivity index (χ0n) is 10.8. The molecule has 1 aromatic heterocycles. The molecule has 100 valence electrons. The first-order valence-electron chi connectivity index (χ1n) is 5.63. The third-order valence-electron chi connectivity index (χ3n) is 2.42. The standard InChI is InChI=1S/C13H15N3O3/c1-17-10-3-11(18-2)5-12(4-10)19-8-13-15-6-9(14)7-16-13/h3-7H,8,14H2,1-2H3. The molecule has 2 N–H and O–H groups in total. The van der Waals surface area contributed by atoms with Crippen molar-refractivity contribution in [2.75, 3.05) is 20.0 Å². The molecule has 0 fully saturated rings. The minimum absolute atomic E-state index is 0.247. The van der Waals surface area contributed by atoms with Crippen molar-refractivity contribution in [1.29, 1.82) is 0 Å². The number of rotatable bonds is 5. The lowest BCUT2D eigenvalue weighted by Gasteiger charge is -2.09. The fraction of sp³-hybridized carbons (Fsp3) is 0.231. The number of anilines is 1. The Balaban J connectivity index is 2.08. The van der Waals surface area contributed by atoms with Crippen LogP contribution in [0.2, 0.25) is 0 Å². The van der Waals surface area contributed by atoms with Crippen LogP contribution in [0.15, 0.2) is 30.6 Å². The van der Waals surface area contributed by atoms with Gasteiger partial charge in [-0.25, -0.2) is 9.97 Å². The Morgan fingerprint density at radius 1 is 0.947 bits per heavy atom. The summed E-state index contributed by atoms with van der Waals surface area (Å²) in [6.07, 6.45) is 3.08. The van der Waals surface area contributed by atoms with E-state index in [1.807, 2.05) is 0 Å². The van der Waals surface area contributed by atoms with Gasteiger partial charge >= 0.3 is 0 Å². The van der Waals surface area contributed by atoms with Crippen molar-refractivity contribution in [3.8, 4) is 17.2 Å². The van der Waals surface area contributed by atoms with Crippen molar-refractivity contribution < 1.29 is 14.2 Å². The molecule has 0 spiro atoms. The molecular formula is C13H15N3O3. The second-order valence-electron chi connectivity index (χ2n) is 3.77. The van der Waals surface area contributed by atoms with Gasteiger partial charge in [-0.3, -0.25) is 0 Å². The van der Waals surface area contributed by atoms with Crippen molar-refractivity contribution in [1.82, 2.24) is 9.97 Å². The predicted octanol–water partition coefficient (Wildman–Crippen LogP) is 1.65. The molecule has 2 rings (SSSR count). The van der Waals surface area contributed by atoms with E-state index in [9.17, 15) is 0 Å². The minimum Gasteiger partial charge on any atom is -0.496 e. The molecule has 0 aliphatic carbocycles. The maximum Gasteiger partial charge on any atom is 0.166 e. The lowest BCUT2D eigenvalue weighted by atomic mass is 10.3. The van der Waals surface area contributed by atoms with Gasteiger partial charge in [0.1, 0.15) is 23.9 Å². The number of ether oxygens (including phenoxy) is 3. The lowest BCUT2D eigenvalue weighted by molar-refractivity contribution is 0.291.